The van der Waals surface area contributed by atoms with Crippen molar-refractivity contribution in [3.8, 4) is 0 Å². The van der Waals surface area contributed by atoms with Gasteiger partial charge in [-0.2, -0.15) is 0 Å². The Kier molecular flexibility index (Phi) is 3.94. The number of urea groups is 1. The molecule has 0 saturated heterocycles. The highest BCUT2D eigenvalue weighted by molar-refractivity contribution is 5.87. The van der Waals surface area contributed by atoms with E-state index in [0.29, 0.717) is 18.0 Å². The maximum atomic E-state index is 12.0. The van der Waals surface area contributed by atoms with Crippen molar-refractivity contribution in [1.29, 1.82) is 0 Å². The number of hydrogen-bond acceptors (Lipinski definition) is 2. The third-order valence-corrected chi connectivity index (χ3v) is 4.37. The average molecular weight is 290 g/mol. The van der Waals surface area contributed by atoms with E-state index in [1.54, 1.807) is 30.3 Å². The summed E-state index contributed by atoms with van der Waals surface area (Å²) in [6, 6.07) is 8.25. The van der Waals surface area contributed by atoms with Crippen LogP contribution in [-0.2, 0) is 10.3 Å². The van der Waals surface area contributed by atoms with Crippen molar-refractivity contribution in [2.75, 3.05) is 6.54 Å². The summed E-state index contributed by atoms with van der Waals surface area (Å²) < 4.78 is 0. The molecule has 1 aliphatic rings. The Labute approximate surface area is 124 Å². The van der Waals surface area contributed by atoms with Crippen molar-refractivity contribution >= 4 is 12.0 Å². The summed E-state index contributed by atoms with van der Waals surface area (Å²) in [6.07, 6.45) is 1.09. The van der Waals surface area contributed by atoms with Crippen molar-refractivity contribution in [3.63, 3.8) is 0 Å². The van der Waals surface area contributed by atoms with E-state index in [1.807, 2.05) is 0 Å². The first-order valence-electron chi connectivity index (χ1n) is 7.10. The highest BCUT2D eigenvalue weighted by Gasteiger charge is 2.45. The molecule has 0 heterocycles. The number of amides is 2. The van der Waals surface area contributed by atoms with Crippen LogP contribution < -0.4 is 10.6 Å². The van der Waals surface area contributed by atoms with Crippen molar-refractivity contribution in [2.45, 2.75) is 32.7 Å². The molecule has 1 fully saturated rings. The van der Waals surface area contributed by atoms with Crippen LogP contribution in [0, 0.1) is 11.3 Å². The Morgan fingerprint density at radius 3 is 2.38 bits per heavy atom. The van der Waals surface area contributed by atoms with E-state index in [2.05, 4.69) is 24.5 Å². The molecular formula is C16H22N2O3. The van der Waals surface area contributed by atoms with E-state index in [1.165, 1.54) is 6.92 Å². The summed E-state index contributed by atoms with van der Waals surface area (Å²) >= 11 is 0. The lowest BCUT2D eigenvalue weighted by Gasteiger charge is -2.27. The Morgan fingerprint density at radius 2 is 1.90 bits per heavy atom. The van der Waals surface area contributed by atoms with Gasteiger partial charge in [-0.1, -0.05) is 44.2 Å². The van der Waals surface area contributed by atoms with E-state index in [9.17, 15) is 14.7 Å². The zero-order chi connectivity index (χ0) is 15.7. The minimum absolute atomic E-state index is 0.281. The summed E-state index contributed by atoms with van der Waals surface area (Å²) in [6.45, 7) is 6.37. The quantitative estimate of drug-likeness (QED) is 0.778. The summed E-state index contributed by atoms with van der Waals surface area (Å²) in [7, 11) is 0. The average Bonchev–Trinajstić information content (AvgIpc) is 3.04. The van der Waals surface area contributed by atoms with Gasteiger partial charge < -0.3 is 15.7 Å². The molecule has 0 aromatic heterocycles. The van der Waals surface area contributed by atoms with Gasteiger partial charge >= 0.3 is 12.0 Å². The standard InChI is InChI=1S/C16H22N2O3/c1-15(2)9-12(15)10-17-14(21)18-16(3,13(19)20)11-7-5-4-6-8-11/h4-8,12H,9-10H2,1-3H3,(H,19,20)(H2,17,18,21). The van der Waals surface area contributed by atoms with Gasteiger partial charge in [-0.15, -0.1) is 0 Å². The molecule has 2 amide bonds. The lowest BCUT2D eigenvalue weighted by molar-refractivity contribution is -0.144. The van der Waals surface area contributed by atoms with Gasteiger partial charge in [0, 0.05) is 6.54 Å². The summed E-state index contributed by atoms with van der Waals surface area (Å²) in [4.78, 5) is 23.6. The Bertz CT molecular complexity index is 542. The highest BCUT2D eigenvalue weighted by atomic mass is 16.4. The number of carbonyl (C=O) groups excluding carboxylic acids is 1. The first-order chi connectivity index (χ1) is 9.75. The highest BCUT2D eigenvalue weighted by Crippen LogP contribution is 2.50. The second-order valence-corrected chi connectivity index (χ2v) is 6.52. The van der Waals surface area contributed by atoms with Crippen molar-refractivity contribution < 1.29 is 14.7 Å². The summed E-state index contributed by atoms with van der Waals surface area (Å²) in [5.41, 5.74) is -0.618. The van der Waals surface area contributed by atoms with Gasteiger partial charge in [0.25, 0.3) is 0 Å². The largest absolute Gasteiger partial charge is 0.479 e. The van der Waals surface area contributed by atoms with E-state index in [0.717, 1.165) is 6.42 Å². The van der Waals surface area contributed by atoms with Crippen LogP contribution in [0.25, 0.3) is 0 Å². The van der Waals surface area contributed by atoms with E-state index in [-0.39, 0.29) is 5.41 Å². The Balaban J connectivity index is 2.00. The lowest BCUT2D eigenvalue weighted by atomic mass is 9.92. The summed E-state index contributed by atoms with van der Waals surface area (Å²) in [5, 5.41) is 14.8. The molecule has 1 aromatic rings. The number of carboxylic acid groups (broad SMARTS) is 1. The molecule has 3 N–H and O–H groups in total. The topological polar surface area (TPSA) is 78.4 Å². The molecule has 114 valence electrons. The molecule has 5 nitrogen and oxygen atoms in total. The van der Waals surface area contributed by atoms with Gasteiger partial charge in [0.1, 0.15) is 0 Å². The second-order valence-electron chi connectivity index (χ2n) is 6.52. The lowest BCUT2D eigenvalue weighted by Crippen LogP contribution is -2.53. The van der Waals surface area contributed by atoms with Crippen LogP contribution in [0.4, 0.5) is 4.79 Å². The minimum atomic E-state index is -1.44. The number of hydrogen-bond donors (Lipinski definition) is 3. The molecule has 0 aliphatic heterocycles. The number of aliphatic carboxylic acids is 1. The Hall–Kier alpha value is -2.04. The fourth-order valence-corrected chi connectivity index (χ4v) is 2.43. The minimum Gasteiger partial charge on any atom is -0.479 e. The number of carboxylic acids is 1. The van der Waals surface area contributed by atoms with Gasteiger partial charge in [-0.3, -0.25) is 0 Å². The van der Waals surface area contributed by atoms with E-state index >= 15 is 0 Å². The molecular weight excluding hydrogens is 268 g/mol. The molecule has 0 radical (unpaired) electrons. The number of carbonyl (C=O) groups is 2. The zero-order valence-electron chi connectivity index (χ0n) is 12.6. The van der Waals surface area contributed by atoms with E-state index in [4.69, 9.17) is 0 Å². The van der Waals surface area contributed by atoms with Gasteiger partial charge in [0.2, 0.25) is 0 Å². The molecule has 21 heavy (non-hydrogen) atoms. The molecule has 1 saturated carbocycles. The van der Waals surface area contributed by atoms with Crippen molar-refractivity contribution in [3.05, 3.63) is 35.9 Å². The molecule has 1 aromatic carbocycles. The molecule has 0 spiro atoms. The molecule has 1 aliphatic carbocycles. The monoisotopic (exact) mass is 290 g/mol. The van der Waals surface area contributed by atoms with Gasteiger partial charge in [-0.25, -0.2) is 9.59 Å². The predicted octanol–water partition coefficient (Wildman–Crippen LogP) is 2.33. The third kappa shape index (κ3) is 3.35. The van der Waals surface area contributed by atoms with Crippen molar-refractivity contribution in [2.24, 2.45) is 11.3 Å². The van der Waals surface area contributed by atoms with Gasteiger partial charge in [-0.05, 0) is 30.2 Å². The van der Waals surface area contributed by atoms with E-state index < -0.39 is 17.5 Å². The van der Waals surface area contributed by atoms with Crippen LogP contribution in [0.1, 0.15) is 32.8 Å². The molecule has 5 heteroatoms. The molecule has 2 atom stereocenters. The maximum Gasteiger partial charge on any atom is 0.333 e. The molecule has 2 unspecified atom stereocenters. The second kappa shape index (κ2) is 5.39. The normalized spacial score (nSPS) is 22.0. The van der Waals surface area contributed by atoms with Gasteiger partial charge in [0.05, 0.1) is 0 Å². The fourth-order valence-electron chi connectivity index (χ4n) is 2.43. The first kappa shape index (κ1) is 15.4. The SMILES string of the molecule is CC(NC(=O)NCC1CC1(C)C)(C(=O)O)c1ccccc1. The maximum absolute atomic E-state index is 12.0. The van der Waals surface area contributed by atoms with Crippen LogP contribution in [0.3, 0.4) is 0 Å². The van der Waals surface area contributed by atoms with Crippen LogP contribution >= 0.6 is 0 Å². The molecule has 2 rings (SSSR count). The number of rotatable bonds is 5. The number of benzene rings is 1. The van der Waals surface area contributed by atoms with Crippen LogP contribution in [0.5, 0.6) is 0 Å². The van der Waals surface area contributed by atoms with Crippen LogP contribution in [0.2, 0.25) is 0 Å². The van der Waals surface area contributed by atoms with Crippen molar-refractivity contribution in [1.82, 2.24) is 10.6 Å². The zero-order valence-corrected chi connectivity index (χ0v) is 12.6. The number of nitrogens with one attached hydrogen (secondary N) is 2. The van der Waals surface area contributed by atoms with Crippen LogP contribution in [-0.4, -0.2) is 23.7 Å². The molecule has 0 bridgehead atoms. The fraction of sp³-hybridized carbons (Fsp3) is 0.500. The summed E-state index contributed by atoms with van der Waals surface area (Å²) in [5.74, 6) is -0.619. The van der Waals surface area contributed by atoms with Gasteiger partial charge in [0.15, 0.2) is 5.54 Å². The predicted molar refractivity (Wildman–Crippen MR) is 79.9 cm³/mol. The smallest absolute Gasteiger partial charge is 0.333 e. The Morgan fingerprint density at radius 1 is 1.33 bits per heavy atom. The first-order valence-corrected chi connectivity index (χ1v) is 7.10. The third-order valence-electron chi connectivity index (χ3n) is 4.37. The van der Waals surface area contributed by atoms with Crippen LogP contribution in [0.15, 0.2) is 30.3 Å².